The molecule has 79 valence electrons. The molecule has 1 nitrogen and oxygen atoms in total. The van der Waals surface area contributed by atoms with Crippen LogP contribution in [0.2, 0.25) is 0 Å². The van der Waals surface area contributed by atoms with E-state index in [2.05, 4.69) is 6.07 Å². The summed E-state index contributed by atoms with van der Waals surface area (Å²) in [6.45, 7) is 1.59. The van der Waals surface area contributed by atoms with Gasteiger partial charge in [-0.3, -0.25) is 4.79 Å². The van der Waals surface area contributed by atoms with Gasteiger partial charge in [-0.1, -0.05) is 42.5 Å². The van der Waals surface area contributed by atoms with E-state index in [1.165, 1.54) is 11.1 Å². The predicted octanol–water partition coefficient (Wildman–Crippen LogP) is 3.28. The van der Waals surface area contributed by atoms with E-state index >= 15 is 0 Å². The van der Waals surface area contributed by atoms with Crippen molar-refractivity contribution >= 4 is 5.78 Å². The zero-order chi connectivity index (χ0) is 11.4. The number of benzene rings is 2. The smallest absolute Gasteiger partial charge is 0.159 e. The molecule has 16 heavy (non-hydrogen) atoms. The van der Waals surface area contributed by atoms with E-state index in [4.69, 9.17) is 0 Å². The summed E-state index contributed by atoms with van der Waals surface area (Å²) in [6.07, 6.45) is 0.857. The quantitative estimate of drug-likeness (QED) is 0.709. The van der Waals surface area contributed by atoms with Crippen LogP contribution < -0.4 is 0 Å². The maximum absolute atomic E-state index is 11.2. The average molecular weight is 209 g/mol. The molecule has 0 amide bonds. The molecule has 0 bridgehead atoms. The van der Waals surface area contributed by atoms with Gasteiger partial charge in [0.25, 0.3) is 0 Å². The fourth-order valence-corrected chi connectivity index (χ4v) is 1.68. The van der Waals surface area contributed by atoms with Crippen molar-refractivity contribution in [2.45, 2.75) is 13.3 Å². The zero-order valence-electron chi connectivity index (χ0n) is 9.23. The number of ketones is 1. The Hall–Kier alpha value is -1.89. The first-order chi connectivity index (χ1) is 7.75. The van der Waals surface area contributed by atoms with Crippen molar-refractivity contribution in [2.75, 3.05) is 0 Å². The van der Waals surface area contributed by atoms with Gasteiger partial charge in [0.1, 0.15) is 0 Å². The maximum atomic E-state index is 11.2. The third-order valence-corrected chi connectivity index (χ3v) is 2.53. The summed E-state index contributed by atoms with van der Waals surface area (Å²) in [5.41, 5.74) is 3.18. The molecule has 0 aliphatic rings. The first kappa shape index (κ1) is 10.6. The summed E-state index contributed by atoms with van der Waals surface area (Å²) in [6, 6.07) is 18.7. The van der Waals surface area contributed by atoms with Crippen LogP contribution in [0.25, 0.3) is 0 Å². The van der Waals surface area contributed by atoms with Crippen molar-refractivity contribution in [1.82, 2.24) is 0 Å². The molecule has 0 unspecified atom stereocenters. The summed E-state index contributed by atoms with van der Waals surface area (Å²) in [5.74, 6) is 0.114. The number of rotatable bonds is 3. The molecule has 0 heterocycles. The Labute approximate surface area is 95.7 Å². The van der Waals surface area contributed by atoms with Gasteiger partial charge in [0, 0.05) is 5.56 Å². The summed E-state index contributed by atoms with van der Waals surface area (Å²) in [5, 5.41) is 0. The topological polar surface area (TPSA) is 17.1 Å². The molecule has 0 spiro atoms. The van der Waals surface area contributed by atoms with E-state index in [0.717, 1.165) is 12.0 Å². The molecule has 0 saturated carbocycles. The molecule has 1 heteroatoms. The number of carbonyl (C=O) groups excluding carboxylic acids is 1. The highest BCUT2D eigenvalue weighted by molar-refractivity contribution is 5.94. The molecular weight excluding hydrogens is 196 g/mol. The van der Waals surface area contributed by atoms with Crippen LogP contribution in [0.5, 0.6) is 0 Å². The van der Waals surface area contributed by atoms with Crippen LogP contribution in [0.4, 0.5) is 0 Å². The minimum atomic E-state index is 0.114. The van der Waals surface area contributed by atoms with Crippen LogP contribution in [0.3, 0.4) is 0 Å². The minimum Gasteiger partial charge on any atom is -0.295 e. The van der Waals surface area contributed by atoms with Gasteiger partial charge in [-0.15, -0.1) is 0 Å². The molecule has 0 N–H and O–H groups in total. The first-order valence-corrected chi connectivity index (χ1v) is 5.30. The second kappa shape index (κ2) is 4.75. The Morgan fingerprint density at radius 3 is 2.56 bits per heavy atom. The molecular formula is C15H13O. The van der Waals surface area contributed by atoms with E-state index < -0.39 is 0 Å². The molecule has 0 aliphatic carbocycles. The fourth-order valence-electron chi connectivity index (χ4n) is 1.68. The van der Waals surface area contributed by atoms with Gasteiger partial charge in [-0.25, -0.2) is 0 Å². The lowest BCUT2D eigenvalue weighted by Crippen LogP contribution is -1.94. The van der Waals surface area contributed by atoms with E-state index in [9.17, 15) is 4.79 Å². The maximum Gasteiger partial charge on any atom is 0.159 e. The second-order valence-electron chi connectivity index (χ2n) is 3.84. The summed E-state index contributed by atoms with van der Waals surface area (Å²) >= 11 is 0. The lowest BCUT2D eigenvalue weighted by Gasteiger charge is -2.03. The zero-order valence-corrected chi connectivity index (χ0v) is 9.23. The van der Waals surface area contributed by atoms with Crippen LogP contribution in [-0.4, -0.2) is 5.78 Å². The molecule has 2 aromatic rings. The highest BCUT2D eigenvalue weighted by atomic mass is 16.1. The van der Waals surface area contributed by atoms with Gasteiger partial charge in [0.05, 0.1) is 0 Å². The van der Waals surface area contributed by atoms with Crippen LogP contribution in [0.1, 0.15) is 28.4 Å². The molecule has 0 aromatic heterocycles. The number of hydrogen-bond donors (Lipinski definition) is 0. The number of Topliss-reactive ketones (excluding diaryl/α,β-unsaturated/α-hetero) is 1. The monoisotopic (exact) mass is 209 g/mol. The lowest BCUT2D eigenvalue weighted by atomic mass is 10.0. The SMILES string of the molecule is CC(=O)c1cccc(Cc2cc[c]cc2)c1. The van der Waals surface area contributed by atoms with Crippen LogP contribution in [-0.2, 0) is 6.42 Å². The van der Waals surface area contributed by atoms with E-state index in [1.54, 1.807) is 6.92 Å². The normalized spacial score (nSPS) is 10.1. The van der Waals surface area contributed by atoms with Crippen molar-refractivity contribution in [3.63, 3.8) is 0 Å². The van der Waals surface area contributed by atoms with Crippen LogP contribution in [0, 0.1) is 6.07 Å². The molecule has 0 aliphatic heterocycles. The Balaban J connectivity index is 2.22. The van der Waals surface area contributed by atoms with E-state index in [0.29, 0.717) is 0 Å². The average Bonchev–Trinajstić information content (AvgIpc) is 2.30. The third-order valence-electron chi connectivity index (χ3n) is 2.53. The minimum absolute atomic E-state index is 0.114. The van der Waals surface area contributed by atoms with Gasteiger partial charge in [-0.05, 0) is 36.6 Å². The Kier molecular flexibility index (Phi) is 3.16. The van der Waals surface area contributed by atoms with Crippen molar-refractivity contribution in [3.8, 4) is 0 Å². The van der Waals surface area contributed by atoms with Crippen LogP contribution >= 0.6 is 0 Å². The van der Waals surface area contributed by atoms with E-state index in [1.807, 2.05) is 48.5 Å². The van der Waals surface area contributed by atoms with Gasteiger partial charge < -0.3 is 0 Å². The Morgan fingerprint density at radius 1 is 1.12 bits per heavy atom. The summed E-state index contributed by atoms with van der Waals surface area (Å²) in [4.78, 5) is 11.2. The Bertz CT molecular complexity index is 486. The molecule has 2 aromatic carbocycles. The van der Waals surface area contributed by atoms with Crippen molar-refractivity contribution in [2.24, 2.45) is 0 Å². The highest BCUT2D eigenvalue weighted by Crippen LogP contribution is 2.11. The highest BCUT2D eigenvalue weighted by Gasteiger charge is 2.01. The number of carbonyl (C=O) groups is 1. The standard InChI is InChI=1S/C15H13O/c1-12(16)15-9-5-8-14(11-15)10-13-6-3-2-4-7-13/h3-9,11H,10H2,1H3. The molecule has 0 saturated heterocycles. The fraction of sp³-hybridized carbons (Fsp3) is 0.133. The van der Waals surface area contributed by atoms with E-state index in [-0.39, 0.29) is 5.78 Å². The Morgan fingerprint density at radius 2 is 1.88 bits per heavy atom. The summed E-state index contributed by atoms with van der Waals surface area (Å²) < 4.78 is 0. The van der Waals surface area contributed by atoms with Gasteiger partial charge in [0.15, 0.2) is 5.78 Å². The first-order valence-electron chi connectivity index (χ1n) is 5.30. The molecule has 1 radical (unpaired) electrons. The molecule has 2 rings (SSSR count). The predicted molar refractivity (Wildman–Crippen MR) is 64.5 cm³/mol. The van der Waals surface area contributed by atoms with Gasteiger partial charge in [-0.2, -0.15) is 0 Å². The van der Waals surface area contributed by atoms with Crippen molar-refractivity contribution in [1.29, 1.82) is 0 Å². The summed E-state index contributed by atoms with van der Waals surface area (Å²) in [7, 11) is 0. The third kappa shape index (κ3) is 2.57. The van der Waals surface area contributed by atoms with Gasteiger partial charge in [0.2, 0.25) is 0 Å². The van der Waals surface area contributed by atoms with Crippen molar-refractivity contribution in [3.05, 3.63) is 71.3 Å². The van der Waals surface area contributed by atoms with Crippen LogP contribution in [0.15, 0.2) is 48.5 Å². The molecule has 0 fully saturated rings. The second-order valence-corrected chi connectivity index (χ2v) is 3.84. The largest absolute Gasteiger partial charge is 0.295 e. The number of hydrogen-bond acceptors (Lipinski definition) is 1. The van der Waals surface area contributed by atoms with Crippen molar-refractivity contribution < 1.29 is 4.79 Å². The lowest BCUT2D eigenvalue weighted by molar-refractivity contribution is 0.101. The molecule has 0 atom stereocenters. The van der Waals surface area contributed by atoms with Gasteiger partial charge >= 0.3 is 0 Å².